The minimum Gasteiger partial charge on any atom is -0.422 e. The lowest BCUT2D eigenvalue weighted by Gasteiger charge is -2.20. The Morgan fingerprint density at radius 3 is 2.55 bits per heavy atom. The van der Waals surface area contributed by atoms with E-state index < -0.39 is 0 Å². The lowest BCUT2D eigenvalue weighted by Crippen LogP contribution is -2.32. The van der Waals surface area contributed by atoms with Gasteiger partial charge in [-0.1, -0.05) is 0 Å². The van der Waals surface area contributed by atoms with E-state index in [1.54, 1.807) is 12.1 Å². The number of fused-ring (bicyclic) bond motifs is 2. The van der Waals surface area contributed by atoms with Gasteiger partial charge in [-0.25, -0.2) is 9.18 Å². The van der Waals surface area contributed by atoms with Crippen LogP contribution in [0.2, 0.25) is 0 Å². The number of rotatable bonds is 11. The Labute approximate surface area is 223 Å². The van der Waals surface area contributed by atoms with Gasteiger partial charge in [0.2, 0.25) is 11.2 Å². The standard InChI is InChI=1S/C31H36FN3O3/c1-6-35(7-2)26-14-10-23-17-24(31(36)38-30(23)19-26)11-13-25-12-9-22-18-27(32)28(20-29(22)34(25)5)33-15-8-16-37-21(3)4/h9-14,17-21H,6-8,15-16H2,1-5H3/p+1/b13-11+. The molecule has 0 fully saturated rings. The van der Waals surface area contributed by atoms with E-state index in [4.69, 9.17) is 9.15 Å². The van der Waals surface area contributed by atoms with E-state index in [2.05, 4.69) is 24.1 Å². The summed E-state index contributed by atoms with van der Waals surface area (Å²) >= 11 is 0. The predicted octanol–water partition coefficient (Wildman–Crippen LogP) is 6.15. The van der Waals surface area contributed by atoms with Crippen LogP contribution < -0.4 is 20.4 Å². The highest BCUT2D eigenvalue weighted by atomic mass is 19.1. The van der Waals surface area contributed by atoms with Crippen LogP contribution in [0.5, 0.6) is 0 Å². The summed E-state index contributed by atoms with van der Waals surface area (Å²) in [4.78, 5) is 15.0. The fraction of sp³-hybridized carbons (Fsp3) is 0.355. The molecule has 4 aromatic rings. The number of nitrogens with zero attached hydrogens (tertiary/aromatic N) is 2. The van der Waals surface area contributed by atoms with Crippen LogP contribution in [0, 0.1) is 5.82 Å². The van der Waals surface area contributed by atoms with Crippen LogP contribution in [-0.2, 0) is 11.8 Å². The minimum absolute atomic E-state index is 0.185. The summed E-state index contributed by atoms with van der Waals surface area (Å²) in [6, 6.07) is 15.0. The van der Waals surface area contributed by atoms with Crippen LogP contribution in [-0.4, -0.2) is 32.3 Å². The number of hydrogen-bond acceptors (Lipinski definition) is 5. The zero-order chi connectivity index (χ0) is 27.2. The monoisotopic (exact) mass is 518 g/mol. The Balaban J connectivity index is 1.58. The zero-order valence-corrected chi connectivity index (χ0v) is 22.9. The number of hydrogen-bond donors (Lipinski definition) is 1. The van der Waals surface area contributed by atoms with Gasteiger partial charge in [0.15, 0.2) is 0 Å². The molecule has 0 spiro atoms. The molecule has 0 bridgehead atoms. The average Bonchev–Trinajstić information content (AvgIpc) is 2.89. The van der Waals surface area contributed by atoms with Gasteiger partial charge in [0.25, 0.3) is 0 Å². The van der Waals surface area contributed by atoms with Crippen molar-refractivity contribution in [2.75, 3.05) is 36.5 Å². The van der Waals surface area contributed by atoms with Gasteiger partial charge in [-0.3, -0.25) is 0 Å². The number of nitrogens with one attached hydrogen (secondary N) is 1. The molecular weight excluding hydrogens is 481 g/mol. The van der Waals surface area contributed by atoms with Gasteiger partial charge < -0.3 is 19.4 Å². The number of aromatic nitrogens is 1. The van der Waals surface area contributed by atoms with Gasteiger partial charge in [-0.05, 0) is 70.5 Å². The first-order valence-electron chi connectivity index (χ1n) is 13.3. The highest BCUT2D eigenvalue weighted by Crippen LogP contribution is 2.24. The van der Waals surface area contributed by atoms with Crippen molar-refractivity contribution in [1.82, 2.24) is 0 Å². The molecule has 2 heterocycles. The van der Waals surface area contributed by atoms with Crippen molar-refractivity contribution in [2.45, 2.75) is 40.2 Å². The molecule has 0 saturated heterocycles. The van der Waals surface area contributed by atoms with Gasteiger partial charge in [0.1, 0.15) is 18.4 Å². The molecule has 0 aliphatic rings. The Kier molecular flexibility index (Phi) is 8.79. The zero-order valence-electron chi connectivity index (χ0n) is 22.9. The summed E-state index contributed by atoms with van der Waals surface area (Å²) < 4.78 is 27.9. The van der Waals surface area contributed by atoms with Crippen LogP contribution in [0.1, 0.15) is 45.4 Å². The third-order valence-electron chi connectivity index (χ3n) is 6.70. The lowest BCUT2D eigenvalue weighted by atomic mass is 10.1. The lowest BCUT2D eigenvalue weighted by molar-refractivity contribution is -0.646. The van der Waals surface area contributed by atoms with E-state index >= 15 is 0 Å². The summed E-state index contributed by atoms with van der Waals surface area (Å²) in [7, 11) is 1.93. The van der Waals surface area contributed by atoms with Crippen LogP contribution in [0.15, 0.2) is 57.7 Å². The molecule has 0 amide bonds. The second-order valence-corrected chi connectivity index (χ2v) is 9.62. The molecule has 7 heteroatoms. The van der Waals surface area contributed by atoms with Crippen molar-refractivity contribution < 1.29 is 18.1 Å². The van der Waals surface area contributed by atoms with Crippen LogP contribution >= 0.6 is 0 Å². The summed E-state index contributed by atoms with van der Waals surface area (Å²) in [5.41, 5.74) is 3.90. The molecule has 0 atom stereocenters. The van der Waals surface area contributed by atoms with E-state index in [1.165, 1.54) is 0 Å². The first-order valence-corrected chi connectivity index (χ1v) is 13.3. The first kappa shape index (κ1) is 27.3. The molecule has 0 aliphatic carbocycles. The third kappa shape index (κ3) is 6.22. The van der Waals surface area contributed by atoms with E-state index in [1.807, 2.05) is 74.0 Å². The molecule has 0 radical (unpaired) electrons. The van der Waals surface area contributed by atoms with Gasteiger partial charge >= 0.3 is 5.63 Å². The molecule has 2 aromatic heterocycles. The smallest absolute Gasteiger partial charge is 0.343 e. The maximum Gasteiger partial charge on any atom is 0.343 e. The average molecular weight is 519 g/mol. The molecular formula is C31H37FN3O3+. The highest BCUT2D eigenvalue weighted by Gasteiger charge is 2.14. The van der Waals surface area contributed by atoms with Gasteiger partial charge in [-0.2, -0.15) is 4.57 Å². The quantitative estimate of drug-likeness (QED) is 0.147. The highest BCUT2D eigenvalue weighted by molar-refractivity contribution is 5.84. The molecule has 200 valence electrons. The molecule has 38 heavy (non-hydrogen) atoms. The Morgan fingerprint density at radius 2 is 1.82 bits per heavy atom. The number of ether oxygens (including phenoxy) is 1. The fourth-order valence-corrected chi connectivity index (χ4v) is 4.54. The van der Waals surface area contributed by atoms with E-state index in [0.717, 1.165) is 47.2 Å². The Bertz CT molecular complexity index is 1510. The normalized spacial score (nSPS) is 11.8. The molecule has 4 rings (SSSR count). The fourth-order valence-electron chi connectivity index (χ4n) is 4.54. The van der Waals surface area contributed by atoms with Crippen molar-refractivity contribution in [3.63, 3.8) is 0 Å². The molecule has 1 N–H and O–H groups in total. The third-order valence-corrected chi connectivity index (χ3v) is 6.70. The van der Waals surface area contributed by atoms with Gasteiger partial charge in [0.05, 0.1) is 17.4 Å². The number of benzene rings is 2. The predicted molar refractivity (Wildman–Crippen MR) is 154 cm³/mol. The van der Waals surface area contributed by atoms with Crippen molar-refractivity contribution in [1.29, 1.82) is 0 Å². The summed E-state index contributed by atoms with van der Waals surface area (Å²) in [5, 5.41) is 4.85. The van der Waals surface area contributed by atoms with E-state index in [0.29, 0.717) is 30.0 Å². The summed E-state index contributed by atoms with van der Waals surface area (Å²) in [6.07, 6.45) is 4.61. The maximum atomic E-state index is 14.7. The van der Waals surface area contributed by atoms with Crippen molar-refractivity contribution >= 4 is 45.4 Å². The Morgan fingerprint density at radius 1 is 1.05 bits per heavy atom. The van der Waals surface area contributed by atoms with Crippen molar-refractivity contribution in [3.05, 3.63) is 76.0 Å². The summed E-state index contributed by atoms with van der Waals surface area (Å²) in [6.45, 7) is 11.2. The van der Waals surface area contributed by atoms with Crippen LogP contribution in [0.4, 0.5) is 15.8 Å². The maximum absolute atomic E-state index is 14.7. The van der Waals surface area contributed by atoms with E-state index in [-0.39, 0.29) is 17.5 Å². The number of pyridine rings is 1. The number of anilines is 2. The van der Waals surface area contributed by atoms with Crippen molar-refractivity contribution in [2.24, 2.45) is 7.05 Å². The summed E-state index contributed by atoms with van der Waals surface area (Å²) in [5.74, 6) is -0.288. The first-order chi connectivity index (χ1) is 18.3. The van der Waals surface area contributed by atoms with Crippen LogP contribution in [0.25, 0.3) is 34.0 Å². The Hall–Kier alpha value is -3.71. The molecule has 0 saturated carbocycles. The van der Waals surface area contributed by atoms with Gasteiger partial charge in [-0.15, -0.1) is 0 Å². The topological polar surface area (TPSA) is 58.6 Å². The SMILES string of the molecule is CCN(CC)c1ccc2cc(/C=C/c3ccc4cc(F)c(NCCCOC(C)C)cc4[n+]3C)c(=O)oc2c1. The van der Waals surface area contributed by atoms with E-state index in [9.17, 15) is 9.18 Å². The van der Waals surface area contributed by atoms with Crippen LogP contribution in [0.3, 0.4) is 0 Å². The minimum atomic E-state index is -0.385. The second-order valence-electron chi connectivity index (χ2n) is 9.62. The molecule has 2 aromatic carbocycles. The number of halogens is 1. The van der Waals surface area contributed by atoms with Crippen molar-refractivity contribution in [3.8, 4) is 0 Å². The molecule has 6 nitrogen and oxygen atoms in total. The molecule has 0 unspecified atom stereocenters. The van der Waals surface area contributed by atoms with Gasteiger partial charge in [0, 0.05) is 67.0 Å². The molecule has 0 aliphatic heterocycles. The second kappa shape index (κ2) is 12.2. The number of aryl methyl sites for hydroxylation is 1. The largest absolute Gasteiger partial charge is 0.422 e.